The molecular formula is C29H48O10. The second kappa shape index (κ2) is 21.7. The Hall–Kier alpha value is -2.08. The van der Waals surface area contributed by atoms with Crippen molar-refractivity contribution in [3.05, 3.63) is 36.5 Å². The van der Waals surface area contributed by atoms with Crippen LogP contribution in [0.25, 0.3) is 0 Å². The Morgan fingerprint density at radius 2 is 1.51 bits per heavy atom. The van der Waals surface area contributed by atoms with Crippen molar-refractivity contribution < 1.29 is 49.0 Å². The van der Waals surface area contributed by atoms with Crippen LogP contribution in [-0.4, -0.2) is 89.0 Å². The topological polar surface area (TPSA) is 152 Å². The molecule has 0 aromatic rings. The van der Waals surface area contributed by atoms with Gasteiger partial charge in [0.1, 0.15) is 31.0 Å². The smallest absolute Gasteiger partial charge is 0.306 e. The molecule has 0 aliphatic carbocycles. The predicted octanol–water partition coefficient (Wildman–Crippen LogP) is 2.87. The van der Waals surface area contributed by atoms with Gasteiger partial charge in [0.15, 0.2) is 12.4 Å². The second-order valence-corrected chi connectivity index (χ2v) is 9.47. The summed E-state index contributed by atoms with van der Waals surface area (Å²) in [6.45, 7) is 2.82. The number of rotatable bonds is 20. The van der Waals surface area contributed by atoms with Gasteiger partial charge in [-0.25, -0.2) is 0 Å². The van der Waals surface area contributed by atoms with Gasteiger partial charge in [0, 0.05) is 12.8 Å². The third kappa shape index (κ3) is 15.3. The second-order valence-electron chi connectivity index (χ2n) is 9.47. The summed E-state index contributed by atoms with van der Waals surface area (Å²) in [5.74, 6) is -0.912. The molecule has 1 heterocycles. The highest BCUT2D eigenvalue weighted by Gasteiger charge is 2.44. The molecule has 1 fully saturated rings. The summed E-state index contributed by atoms with van der Waals surface area (Å²) in [4.78, 5) is 24.2. The number of unbranched alkanes of at least 4 members (excludes halogenated alkanes) is 3. The third-order valence-corrected chi connectivity index (χ3v) is 6.01. The molecule has 6 atom stereocenters. The molecule has 1 rings (SSSR count). The van der Waals surface area contributed by atoms with E-state index in [1.165, 1.54) is 0 Å². The molecule has 0 aromatic heterocycles. The molecule has 0 spiro atoms. The molecule has 0 bridgehead atoms. The zero-order chi connectivity index (χ0) is 28.9. The molecule has 0 aromatic carbocycles. The lowest BCUT2D eigenvalue weighted by molar-refractivity contribution is -0.305. The number of carbonyl (C=O) groups is 2. The van der Waals surface area contributed by atoms with Crippen molar-refractivity contribution in [1.82, 2.24) is 0 Å². The first-order valence-electron chi connectivity index (χ1n) is 14.1. The van der Waals surface area contributed by atoms with Crippen LogP contribution in [0.3, 0.4) is 0 Å². The van der Waals surface area contributed by atoms with Crippen LogP contribution in [0.5, 0.6) is 0 Å². The largest absolute Gasteiger partial charge is 0.462 e. The number of esters is 2. The van der Waals surface area contributed by atoms with Crippen LogP contribution in [0.1, 0.15) is 78.1 Å². The maximum atomic E-state index is 12.4. The summed E-state index contributed by atoms with van der Waals surface area (Å²) < 4.78 is 21.4. The highest BCUT2D eigenvalue weighted by molar-refractivity contribution is 5.70. The van der Waals surface area contributed by atoms with Gasteiger partial charge in [-0.3, -0.25) is 9.59 Å². The molecular weight excluding hydrogens is 508 g/mol. The predicted molar refractivity (Wildman–Crippen MR) is 145 cm³/mol. The van der Waals surface area contributed by atoms with Gasteiger partial charge in [0.05, 0.1) is 13.2 Å². The molecule has 10 heteroatoms. The third-order valence-electron chi connectivity index (χ3n) is 6.01. The molecule has 1 saturated heterocycles. The molecule has 0 saturated carbocycles. The minimum atomic E-state index is -1.59. The van der Waals surface area contributed by atoms with Gasteiger partial charge in [-0.1, -0.05) is 56.7 Å². The van der Waals surface area contributed by atoms with E-state index < -0.39 is 55.4 Å². The molecule has 224 valence electrons. The van der Waals surface area contributed by atoms with E-state index in [0.29, 0.717) is 12.8 Å². The van der Waals surface area contributed by atoms with Crippen LogP contribution < -0.4 is 0 Å². The maximum absolute atomic E-state index is 12.4. The zero-order valence-corrected chi connectivity index (χ0v) is 23.4. The first-order chi connectivity index (χ1) is 18.8. The van der Waals surface area contributed by atoms with Gasteiger partial charge in [0.2, 0.25) is 0 Å². The number of hydrogen-bond acceptors (Lipinski definition) is 10. The Morgan fingerprint density at radius 1 is 0.821 bits per heavy atom. The summed E-state index contributed by atoms with van der Waals surface area (Å²) in [5, 5.41) is 39.3. The first-order valence-corrected chi connectivity index (χ1v) is 14.1. The molecule has 39 heavy (non-hydrogen) atoms. The Labute approximate surface area is 232 Å². The van der Waals surface area contributed by atoms with Crippen molar-refractivity contribution in [2.75, 3.05) is 19.8 Å². The highest BCUT2D eigenvalue weighted by Crippen LogP contribution is 2.22. The van der Waals surface area contributed by atoms with E-state index >= 15 is 0 Å². The SMILES string of the molecule is CC/C=C\C/C=C\C/C=C\CCCCCC(=O)OC(COC(=O)CCC)COC1OC(CO)C(O)C(O)C1O. The molecule has 10 nitrogen and oxygen atoms in total. The van der Waals surface area contributed by atoms with Crippen LogP contribution in [0, 0.1) is 0 Å². The van der Waals surface area contributed by atoms with Crippen molar-refractivity contribution in [1.29, 1.82) is 0 Å². The van der Waals surface area contributed by atoms with Crippen molar-refractivity contribution in [2.24, 2.45) is 0 Å². The Morgan fingerprint density at radius 3 is 2.18 bits per heavy atom. The fraction of sp³-hybridized carbons (Fsp3) is 0.724. The van der Waals surface area contributed by atoms with Gasteiger partial charge in [-0.15, -0.1) is 0 Å². The summed E-state index contributed by atoms with van der Waals surface area (Å²) in [5.41, 5.74) is 0. The lowest BCUT2D eigenvalue weighted by Gasteiger charge is -2.39. The van der Waals surface area contributed by atoms with E-state index in [4.69, 9.17) is 18.9 Å². The monoisotopic (exact) mass is 556 g/mol. The molecule has 0 amide bonds. The van der Waals surface area contributed by atoms with Gasteiger partial charge >= 0.3 is 11.9 Å². The first kappa shape index (κ1) is 34.9. The highest BCUT2D eigenvalue weighted by atomic mass is 16.7. The number of allylic oxidation sites excluding steroid dienone is 6. The number of carbonyl (C=O) groups excluding carboxylic acids is 2. The quantitative estimate of drug-likeness (QED) is 0.100. The average Bonchev–Trinajstić information content (AvgIpc) is 2.92. The number of aliphatic hydroxyl groups excluding tert-OH is 4. The summed E-state index contributed by atoms with van der Waals surface area (Å²) in [6, 6.07) is 0. The normalized spacial score (nSPS) is 24.5. The van der Waals surface area contributed by atoms with Crippen LogP contribution >= 0.6 is 0 Å². The molecule has 6 unspecified atom stereocenters. The number of hydrogen-bond donors (Lipinski definition) is 4. The van der Waals surface area contributed by atoms with Gasteiger partial charge in [0.25, 0.3) is 0 Å². The maximum Gasteiger partial charge on any atom is 0.306 e. The van der Waals surface area contributed by atoms with Crippen molar-refractivity contribution >= 4 is 11.9 Å². The lowest BCUT2D eigenvalue weighted by atomic mass is 9.99. The molecule has 1 aliphatic heterocycles. The Kier molecular flexibility index (Phi) is 19.5. The van der Waals surface area contributed by atoms with E-state index in [1.54, 1.807) is 0 Å². The van der Waals surface area contributed by atoms with E-state index in [0.717, 1.165) is 38.5 Å². The fourth-order valence-electron chi connectivity index (χ4n) is 3.77. The van der Waals surface area contributed by atoms with Gasteiger partial charge in [-0.2, -0.15) is 0 Å². The van der Waals surface area contributed by atoms with Crippen LogP contribution in [0.4, 0.5) is 0 Å². The minimum Gasteiger partial charge on any atom is -0.462 e. The average molecular weight is 557 g/mol. The summed E-state index contributed by atoms with van der Waals surface area (Å²) in [6.07, 6.45) is 12.0. The molecule has 1 aliphatic rings. The summed E-state index contributed by atoms with van der Waals surface area (Å²) in [7, 11) is 0. The minimum absolute atomic E-state index is 0.192. The van der Waals surface area contributed by atoms with Crippen molar-refractivity contribution in [2.45, 2.75) is 115 Å². The van der Waals surface area contributed by atoms with E-state index in [2.05, 4.69) is 43.4 Å². The van der Waals surface area contributed by atoms with E-state index in [9.17, 15) is 30.0 Å². The van der Waals surface area contributed by atoms with E-state index in [1.807, 2.05) is 6.92 Å². The fourth-order valence-corrected chi connectivity index (χ4v) is 3.77. The van der Waals surface area contributed by atoms with Gasteiger partial charge in [-0.05, 0) is 44.9 Å². The van der Waals surface area contributed by atoms with Crippen LogP contribution in [0.2, 0.25) is 0 Å². The number of ether oxygens (including phenoxy) is 4. The van der Waals surface area contributed by atoms with Crippen LogP contribution in [0.15, 0.2) is 36.5 Å². The van der Waals surface area contributed by atoms with E-state index in [-0.39, 0.29) is 26.1 Å². The van der Waals surface area contributed by atoms with Crippen molar-refractivity contribution in [3.8, 4) is 0 Å². The Balaban J connectivity index is 2.42. The summed E-state index contributed by atoms with van der Waals surface area (Å²) >= 11 is 0. The zero-order valence-electron chi connectivity index (χ0n) is 23.4. The molecule has 0 radical (unpaired) electrons. The van der Waals surface area contributed by atoms with Gasteiger partial charge < -0.3 is 39.4 Å². The Bertz CT molecular complexity index is 748. The molecule has 4 N–H and O–H groups in total. The lowest BCUT2D eigenvalue weighted by Crippen LogP contribution is -2.59. The van der Waals surface area contributed by atoms with Crippen molar-refractivity contribution in [3.63, 3.8) is 0 Å². The van der Waals surface area contributed by atoms with Crippen LogP contribution in [-0.2, 0) is 28.5 Å². The standard InChI is InChI=1S/C29H48O10/c1-3-5-6-7-8-9-10-11-12-13-14-15-16-18-25(32)38-22(20-36-24(31)17-4-2)21-37-29-28(35)27(34)26(33)23(19-30)39-29/h5-6,8-9,11-12,22-23,26-30,33-35H,3-4,7,10,13-21H2,1-2H3/b6-5-,9-8-,12-11-. The number of aliphatic hydroxyl groups is 4.